The summed E-state index contributed by atoms with van der Waals surface area (Å²) in [5.41, 5.74) is 0. The largest absolute Gasteiger partial charge is 0.460 e. The van der Waals surface area contributed by atoms with Crippen molar-refractivity contribution in [3.63, 3.8) is 0 Å². The predicted molar refractivity (Wildman–Crippen MR) is 290 cm³/mol. The van der Waals surface area contributed by atoms with E-state index in [0.717, 1.165) is 0 Å². The number of halogens is 39. The van der Waals surface area contributed by atoms with Crippen molar-refractivity contribution in [2.24, 2.45) is 0 Å². The maximum absolute atomic E-state index is 13.6. The smallest absolute Gasteiger partial charge is 0.394 e. The number of rotatable bonds is 63. The van der Waals surface area contributed by atoms with Gasteiger partial charge in [0.15, 0.2) is 0 Å². The van der Waals surface area contributed by atoms with E-state index < -0.39 is 166 Å². The Bertz CT molecular complexity index is 2400. The van der Waals surface area contributed by atoms with Crippen molar-refractivity contribution in [3.8, 4) is 0 Å². The molecule has 0 saturated carbocycles. The third kappa shape index (κ3) is 32.8. The molecule has 0 atom stereocenters. The molecule has 0 aliphatic carbocycles. The molecule has 672 valence electrons. The minimum Gasteiger partial charge on any atom is -0.394 e. The van der Waals surface area contributed by atoms with Crippen LogP contribution in [-0.4, -0.2) is 341 Å². The monoisotopic (exact) mass is 1750 g/mol. The lowest BCUT2D eigenvalue weighted by atomic mass is 9.93. The van der Waals surface area contributed by atoms with Crippen LogP contribution in [0.2, 0.25) is 0 Å². The quantitative estimate of drug-likeness (QED) is 0.0383. The fourth-order valence-electron chi connectivity index (χ4n) is 6.62. The number of hydrogen-bond donors (Lipinski definition) is 3. The standard InChI is InChI=1S/C20H29F13O7.C18H25F13O6.C16H21F13O5/c21-15(22,16(23,24)17(25,26)18(27,28)19(29,30)20(31,32)33)1-3-35-5-7-37-9-11-39-13-14-40-12-10-38-8-6-36-4-2-34;19-13(20,14(21,22)15(23,24)16(25,26)17(27,28)18(29,30)31)1-3-33-5-7-35-9-11-37-12-10-36-8-6-34-4-2-32;17-11(18,1-3-31-5-7-33-9-10-34-8-6-32-4-2-30)12(19,20)13(21,22)14(23,24)15(25,26)16(27,28)29/h34H,1-14H2;32H,1-12H2;30H,1-10H2. The Kier molecular flexibility index (Phi) is 49.4. The molecule has 0 radical (unpaired) electrons. The molecule has 0 amide bonds. The van der Waals surface area contributed by atoms with Crippen LogP contribution in [0.1, 0.15) is 19.3 Å². The van der Waals surface area contributed by atoms with Gasteiger partial charge >= 0.3 is 107 Å². The third-order valence-corrected chi connectivity index (χ3v) is 12.8. The summed E-state index contributed by atoms with van der Waals surface area (Å²) in [4.78, 5) is 0. The van der Waals surface area contributed by atoms with Crippen LogP contribution in [0.3, 0.4) is 0 Å². The second-order valence-electron chi connectivity index (χ2n) is 21.1. The van der Waals surface area contributed by atoms with Gasteiger partial charge in [-0.1, -0.05) is 0 Å². The summed E-state index contributed by atoms with van der Waals surface area (Å²) in [6.45, 7) is -4.61. The first-order valence-electron chi connectivity index (χ1n) is 30.8. The van der Waals surface area contributed by atoms with Crippen molar-refractivity contribution in [2.75, 3.05) is 218 Å². The molecular formula is C54H75F39O18. The van der Waals surface area contributed by atoms with Crippen molar-refractivity contribution in [3.05, 3.63) is 0 Å². The van der Waals surface area contributed by atoms with E-state index in [2.05, 4.69) is 14.2 Å². The Labute approximate surface area is 602 Å². The topological polar surface area (TPSA) is 199 Å². The van der Waals surface area contributed by atoms with Crippen LogP contribution in [0.15, 0.2) is 0 Å². The molecule has 0 bridgehead atoms. The molecule has 0 aromatic heterocycles. The molecular weight excluding hydrogens is 1680 g/mol. The lowest BCUT2D eigenvalue weighted by Crippen LogP contribution is -2.70. The van der Waals surface area contributed by atoms with Gasteiger partial charge in [-0.3, -0.25) is 0 Å². The number of alkyl halides is 39. The van der Waals surface area contributed by atoms with Gasteiger partial charge in [0.1, 0.15) is 0 Å². The maximum atomic E-state index is 13.6. The molecule has 57 heteroatoms. The van der Waals surface area contributed by atoms with E-state index >= 15 is 0 Å². The maximum Gasteiger partial charge on any atom is 0.460 e. The van der Waals surface area contributed by atoms with Crippen LogP contribution in [0.25, 0.3) is 0 Å². The van der Waals surface area contributed by atoms with Crippen LogP contribution in [0, 0.1) is 0 Å². The molecule has 0 fully saturated rings. The molecule has 0 aliphatic heterocycles. The van der Waals surface area contributed by atoms with Crippen LogP contribution < -0.4 is 0 Å². The van der Waals surface area contributed by atoms with Gasteiger partial charge in [-0.2, -0.15) is 171 Å². The van der Waals surface area contributed by atoms with E-state index in [0.29, 0.717) is 13.2 Å². The van der Waals surface area contributed by atoms with Crippen molar-refractivity contribution < 1.29 is 258 Å². The van der Waals surface area contributed by atoms with Crippen LogP contribution >= 0.6 is 0 Å². The van der Waals surface area contributed by atoms with E-state index in [9.17, 15) is 171 Å². The Hall–Kier alpha value is -3.45. The normalized spacial score (nSPS) is 14.4. The van der Waals surface area contributed by atoms with Gasteiger partial charge in [-0.05, 0) is 0 Å². The zero-order chi connectivity index (χ0) is 87.1. The number of aliphatic hydroxyl groups excluding tert-OH is 3. The highest BCUT2D eigenvalue weighted by Gasteiger charge is 2.93. The highest BCUT2D eigenvalue weighted by molar-refractivity contribution is 5.13. The molecule has 3 N–H and O–H groups in total. The van der Waals surface area contributed by atoms with Gasteiger partial charge in [0.05, 0.1) is 218 Å². The van der Waals surface area contributed by atoms with Crippen molar-refractivity contribution >= 4 is 0 Å². The first-order valence-corrected chi connectivity index (χ1v) is 30.8. The van der Waals surface area contributed by atoms with Gasteiger partial charge in [0.25, 0.3) is 0 Å². The SMILES string of the molecule is OCCOCCOCCOCCOCCC(F)(F)C(F)(F)C(F)(F)C(F)(F)C(F)(F)C(F)(F)F.OCCOCCOCCOCCOCCOCCC(F)(F)C(F)(F)C(F)(F)C(F)(F)C(F)(F)C(F)(F)F.OCCOCCOCCOCCOCCOCCOCCC(F)(F)C(F)(F)C(F)(F)C(F)(F)C(F)(F)C(F)(F)F. The van der Waals surface area contributed by atoms with E-state index in [-0.39, 0.29) is 165 Å². The van der Waals surface area contributed by atoms with Crippen molar-refractivity contribution in [2.45, 2.75) is 127 Å². The Morgan fingerprint density at radius 1 is 0.126 bits per heavy atom. The summed E-state index contributed by atoms with van der Waals surface area (Å²) in [5, 5.41) is 25.4. The van der Waals surface area contributed by atoms with E-state index in [4.69, 9.17) is 72.2 Å². The molecule has 0 unspecified atom stereocenters. The lowest BCUT2D eigenvalue weighted by molar-refractivity contribution is -0.440. The molecule has 111 heavy (non-hydrogen) atoms. The number of aliphatic hydroxyl groups is 3. The fourth-order valence-corrected chi connectivity index (χ4v) is 6.62. The average molecular weight is 1750 g/mol. The highest BCUT2D eigenvalue weighted by atomic mass is 19.5. The summed E-state index contributed by atoms with van der Waals surface area (Å²) in [6.07, 6.45) is -29.6. The summed E-state index contributed by atoms with van der Waals surface area (Å²) in [6, 6.07) is 0. The second kappa shape index (κ2) is 49.1. The molecule has 0 aromatic rings. The highest BCUT2D eigenvalue weighted by Crippen LogP contribution is 2.64. The summed E-state index contributed by atoms with van der Waals surface area (Å²) >= 11 is 0. The Morgan fingerprint density at radius 3 is 0.333 bits per heavy atom. The van der Waals surface area contributed by atoms with Gasteiger partial charge in [-0.25, -0.2) is 0 Å². The van der Waals surface area contributed by atoms with E-state index in [1.54, 1.807) is 0 Å². The molecule has 0 aliphatic rings. The third-order valence-electron chi connectivity index (χ3n) is 12.8. The summed E-state index contributed by atoms with van der Waals surface area (Å²) < 4.78 is 579. The van der Waals surface area contributed by atoms with Gasteiger partial charge in [0, 0.05) is 19.3 Å². The number of ether oxygens (including phenoxy) is 15. The minimum absolute atomic E-state index is 0.0260. The number of hydrogen-bond acceptors (Lipinski definition) is 18. The minimum atomic E-state index is -7.92. The summed E-state index contributed by atoms with van der Waals surface area (Å²) in [5.74, 6) is -111. The van der Waals surface area contributed by atoms with Crippen LogP contribution in [-0.2, 0) is 71.1 Å². The molecule has 0 saturated heterocycles. The lowest BCUT2D eigenvalue weighted by Gasteiger charge is -2.39. The Morgan fingerprint density at radius 2 is 0.225 bits per heavy atom. The second-order valence-corrected chi connectivity index (χ2v) is 21.1. The van der Waals surface area contributed by atoms with Crippen LogP contribution in [0.4, 0.5) is 171 Å². The summed E-state index contributed by atoms with van der Waals surface area (Å²) in [7, 11) is 0. The first kappa shape index (κ1) is 112. The molecule has 0 heterocycles. The fraction of sp³-hybridized carbons (Fsp3) is 1.00. The van der Waals surface area contributed by atoms with Crippen LogP contribution in [0.5, 0.6) is 0 Å². The molecule has 18 nitrogen and oxygen atoms in total. The van der Waals surface area contributed by atoms with Crippen molar-refractivity contribution in [1.29, 1.82) is 0 Å². The molecule has 0 aromatic carbocycles. The molecule has 0 spiro atoms. The molecule has 0 rings (SSSR count). The average Bonchev–Trinajstić information content (AvgIpc) is 0.726. The van der Waals surface area contributed by atoms with Gasteiger partial charge in [0.2, 0.25) is 0 Å². The Balaban J connectivity index is -0.00000158. The van der Waals surface area contributed by atoms with Gasteiger partial charge < -0.3 is 86.4 Å². The zero-order valence-corrected chi connectivity index (χ0v) is 56.7. The van der Waals surface area contributed by atoms with Crippen molar-refractivity contribution in [1.82, 2.24) is 0 Å². The van der Waals surface area contributed by atoms with Gasteiger partial charge in [-0.15, -0.1) is 0 Å². The van der Waals surface area contributed by atoms with E-state index in [1.165, 1.54) is 0 Å². The zero-order valence-electron chi connectivity index (χ0n) is 56.7. The van der Waals surface area contributed by atoms with E-state index in [1.807, 2.05) is 0 Å². The predicted octanol–water partition coefficient (Wildman–Crippen LogP) is 12.6. The first-order chi connectivity index (χ1) is 50.4.